The zero-order valence-electron chi connectivity index (χ0n) is 15.8. The van der Waals surface area contributed by atoms with Gasteiger partial charge in [-0.1, -0.05) is 72.3 Å². The van der Waals surface area contributed by atoms with Gasteiger partial charge in [0.25, 0.3) is 0 Å². The maximum atomic E-state index is 12.2. The van der Waals surface area contributed by atoms with Crippen molar-refractivity contribution in [3.05, 3.63) is 94.5 Å². The summed E-state index contributed by atoms with van der Waals surface area (Å²) in [7, 11) is 0. The molecule has 1 atom stereocenters. The standard InChI is InChI=1S/C24H22ClNO3/c25-17-11-9-16(10-12-17)13-18(27)14-26-24(28)29-15-23-21-7-3-1-5-19(21)20-6-2-4-8-22(20)23/h1-12,18,23,27H,13-15H2,(H,26,28). The van der Waals surface area contributed by atoms with E-state index in [1.807, 2.05) is 36.4 Å². The van der Waals surface area contributed by atoms with Gasteiger partial charge in [-0.2, -0.15) is 0 Å². The van der Waals surface area contributed by atoms with Crippen molar-refractivity contribution in [3.8, 4) is 11.1 Å². The highest BCUT2D eigenvalue weighted by atomic mass is 35.5. The molecule has 0 saturated heterocycles. The minimum absolute atomic E-state index is 0.0205. The van der Waals surface area contributed by atoms with Gasteiger partial charge in [0.15, 0.2) is 0 Å². The van der Waals surface area contributed by atoms with E-state index >= 15 is 0 Å². The average molecular weight is 408 g/mol. The number of benzene rings is 3. The zero-order valence-corrected chi connectivity index (χ0v) is 16.6. The summed E-state index contributed by atoms with van der Waals surface area (Å²) in [4.78, 5) is 12.2. The first-order valence-corrected chi connectivity index (χ1v) is 10.0. The first kappa shape index (κ1) is 19.5. The van der Waals surface area contributed by atoms with Gasteiger partial charge < -0.3 is 15.2 Å². The molecule has 0 fully saturated rings. The number of rotatable bonds is 6. The number of alkyl carbamates (subject to hydrolysis) is 1. The SMILES string of the molecule is O=C(NCC(O)Cc1ccc(Cl)cc1)OCC1c2ccccc2-c2ccccc21. The number of amides is 1. The molecular formula is C24H22ClNO3. The Morgan fingerprint density at radius 2 is 1.55 bits per heavy atom. The molecule has 4 nitrogen and oxygen atoms in total. The fourth-order valence-corrected chi connectivity index (χ4v) is 3.94. The maximum Gasteiger partial charge on any atom is 0.407 e. The predicted molar refractivity (Wildman–Crippen MR) is 114 cm³/mol. The first-order chi connectivity index (χ1) is 14.1. The largest absolute Gasteiger partial charge is 0.449 e. The second-order valence-corrected chi connectivity index (χ2v) is 7.63. The Kier molecular flexibility index (Phi) is 5.84. The molecule has 1 aliphatic rings. The molecule has 1 unspecified atom stereocenters. The quantitative estimate of drug-likeness (QED) is 0.618. The van der Waals surface area contributed by atoms with Crippen molar-refractivity contribution in [2.45, 2.75) is 18.4 Å². The number of aliphatic hydroxyl groups excluding tert-OH is 1. The molecular weight excluding hydrogens is 386 g/mol. The second kappa shape index (κ2) is 8.68. The molecule has 29 heavy (non-hydrogen) atoms. The lowest BCUT2D eigenvalue weighted by atomic mass is 9.98. The van der Waals surface area contributed by atoms with Crippen LogP contribution in [0.15, 0.2) is 72.8 Å². The van der Waals surface area contributed by atoms with Crippen LogP contribution in [0.4, 0.5) is 4.79 Å². The first-order valence-electron chi connectivity index (χ1n) is 9.63. The van der Waals surface area contributed by atoms with Crippen LogP contribution in [0.1, 0.15) is 22.6 Å². The Bertz CT molecular complexity index is 958. The van der Waals surface area contributed by atoms with E-state index in [1.165, 1.54) is 22.3 Å². The summed E-state index contributed by atoms with van der Waals surface area (Å²) in [6.07, 6.45) is -0.792. The lowest BCUT2D eigenvalue weighted by Crippen LogP contribution is -2.34. The van der Waals surface area contributed by atoms with Crippen LogP contribution in [0, 0.1) is 0 Å². The number of carbonyl (C=O) groups excluding carboxylic acids is 1. The molecule has 3 aromatic rings. The molecule has 2 N–H and O–H groups in total. The Morgan fingerprint density at radius 1 is 0.966 bits per heavy atom. The lowest BCUT2D eigenvalue weighted by molar-refractivity contribution is 0.128. The minimum Gasteiger partial charge on any atom is -0.449 e. The van der Waals surface area contributed by atoms with Gasteiger partial charge in [0.1, 0.15) is 6.61 Å². The molecule has 0 bridgehead atoms. The number of hydrogen-bond donors (Lipinski definition) is 2. The van der Waals surface area contributed by atoms with Crippen LogP contribution in [0.5, 0.6) is 0 Å². The van der Waals surface area contributed by atoms with Gasteiger partial charge in [0.2, 0.25) is 0 Å². The Balaban J connectivity index is 1.31. The van der Waals surface area contributed by atoms with E-state index in [-0.39, 0.29) is 19.1 Å². The summed E-state index contributed by atoms with van der Waals surface area (Å²) in [5, 5.41) is 13.5. The fourth-order valence-electron chi connectivity index (χ4n) is 3.82. The van der Waals surface area contributed by atoms with Gasteiger partial charge in [-0.3, -0.25) is 0 Å². The van der Waals surface area contributed by atoms with Crippen molar-refractivity contribution >= 4 is 17.7 Å². The number of aliphatic hydroxyl groups is 1. The number of fused-ring (bicyclic) bond motifs is 3. The van der Waals surface area contributed by atoms with Gasteiger partial charge in [-0.15, -0.1) is 0 Å². The Labute approximate surface area is 175 Å². The van der Waals surface area contributed by atoms with Crippen LogP contribution in [0.2, 0.25) is 5.02 Å². The zero-order chi connectivity index (χ0) is 20.2. The van der Waals surface area contributed by atoms with E-state index in [0.29, 0.717) is 11.4 Å². The molecule has 4 rings (SSSR count). The van der Waals surface area contributed by atoms with E-state index in [4.69, 9.17) is 16.3 Å². The number of halogens is 1. The summed E-state index contributed by atoms with van der Waals surface area (Å²) in [6, 6.07) is 23.7. The van der Waals surface area contributed by atoms with Crippen LogP contribution in [-0.2, 0) is 11.2 Å². The lowest BCUT2D eigenvalue weighted by Gasteiger charge is -2.16. The monoisotopic (exact) mass is 407 g/mol. The van der Waals surface area contributed by atoms with Crippen LogP contribution in [0.25, 0.3) is 11.1 Å². The smallest absolute Gasteiger partial charge is 0.407 e. The summed E-state index contributed by atoms with van der Waals surface area (Å²) in [5.74, 6) is 0.0205. The molecule has 0 aromatic heterocycles. The van der Waals surface area contributed by atoms with E-state index in [1.54, 1.807) is 12.1 Å². The highest BCUT2D eigenvalue weighted by molar-refractivity contribution is 6.30. The Morgan fingerprint density at radius 3 is 2.17 bits per heavy atom. The fraction of sp³-hybridized carbons (Fsp3) is 0.208. The van der Waals surface area contributed by atoms with E-state index in [2.05, 4.69) is 29.6 Å². The van der Waals surface area contributed by atoms with Crippen LogP contribution in [-0.4, -0.2) is 30.5 Å². The molecule has 1 amide bonds. The molecule has 148 valence electrons. The molecule has 5 heteroatoms. The van der Waals surface area contributed by atoms with E-state index < -0.39 is 12.2 Å². The molecule has 3 aromatic carbocycles. The molecule has 0 aliphatic heterocycles. The molecule has 1 aliphatic carbocycles. The molecule has 0 heterocycles. The highest BCUT2D eigenvalue weighted by Crippen LogP contribution is 2.44. The number of ether oxygens (including phenoxy) is 1. The molecule has 0 saturated carbocycles. The summed E-state index contributed by atoms with van der Waals surface area (Å²) in [6.45, 7) is 0.381. The van der Waals surface area contributed by atoms with E-state index in [9.17, 15) is 9.90 Å². The minimum atomic E-state index is -0.698. The van der Waals surface area contributed by atoms with Crippen molar-refractivity contribution in [2.75, 3.05) is 13.2 Å². The number of hydrogen-bond acceptors (Lipinski definition) is 3. The third kappa shape index (κ3) is 4.44. The van der Waals surface area contributed by atoms with Gasteiger partial charge in [-0.25, -0.2) is 4.79 Å². The van der Waals surface area contributed by atoms with Crippen LogP contribution < -0.4 is 5.32 Å². The molecule has 0 radical (unpaired) electrons. The third-order valence-corrected chi connectivity index (χ3v) is 5.46. The second-order valence-electron chi connectivity index (χ2n) is 7.19. The van der Waals surface area contributed by atoms with Gasteiger partial charge >= 0.3 is 6.09 Å². The summed E-state index contributed by atoms with van der Waals surface area (Å²) >= 11 is 5.87. The predicted octanol–water partition coefficient (Wildman–Crippen LogP) is 4.78. The van der Waals surface area contributed by atoms with Crippen LogP contribution in [0.3, 0.4) is 0 Å². The van der Waals surface area contributed by atoms with Crippen molar-refractivity contribution in [1.82, 2.24) is 5.32 Å². The summed E-state index contributed by atoms with van der Waals surface area (Å²) in [5.41, 5.74) is 5.68. The normalized spacial score (nSPS) is 13.4. The van der Waals surface area contributed by atoms with E-state index in [0.717, 1.165) is 5.56 Å². The summed E-state index contributed by atoms with van der Waals surface area (Å²) < 4.78 is 5.48. The van der Waals surface area contributed by atoms with Crippen LogP contribution >= 0.6 is 11.6 Å². The third-order valence-electron chi connectivity index (χ3n) is 5.21. The highest BCUT2D eigenvalue weighted by Gasteiger charge is 2.29. The van der Waals surface area contributed by atoms with Crippen molar-refractivity contribution in [1.29, 1.82) is 0 Å². The van der Waals surface area contributed by atoms with Crippen molar-refractivity contribution in [3.63, 3.8) is 0 Å². The maximum absolute atomic E-state index is 12.2. The van der Waals surface area contributed by atoms with Gasteiger partial charge in [0.05, 0.1) is 6.10 Å². The Hall–Kier alpha value is -2.82. The average Bonchev–Trinajstić information content (AvgIpc) is 3.06. The molecule has 0 spiro atoms. The van der Waals surface area contributed by atoms with Gasteiger partial charge in [-0.05, 0) is 39.9 Å². The topological polar surface area (TPSA) is 58.6 Å². The van der Waals surface area contributed by atoms with Crippen molar-refractivity contribution in [2.24, 2.45) is 0 Å². The number of nitrogens with one attached hydrogen (secondary N) is 1. The number of carbonyl (C=O) groups is 1. The van der Waals surface area contributed by atoms with Gasteiger partial charge in [0, 0.05) is 23.9 Å². The van der Waals surface area contributed by atoms with Crippen molar-refractivity contribution < 1.29 is 14.6 Å².